The van der Waals surface area contributed by atoms with E-state index in [9.17, 15) is 4.79 Å². The summed E-state index contributed by atoms with van der Waals surface area (Å²) in [5, 5.41) is 3.01. The zero-order chi connectivity index (χ0) is 19.8. The second-order valence-electron chi connectivity index (χ2n) is 8.60. The van der Waals surface area contributed by atoms with Crippen molar-refractivity contribution >= 4 is 12.0 Å². The molecule has 3 rings (SSSR count). The van der Waals surface area contributed by atoms with Crippen molar-refractivity contribution in [1.82, 2.24) is 15.1 Å². The lowest BCUT2D eigenvalue weighted by Gasteiger charge is -2.44. The third kappa shape index (κ3) is 6.18. The van der Waals surface area contributed by atoms with Crippen molar-refractivity contribution in [3.05, 3.63) is 42.0 Å². The zero-order valence-electron chi connectivity index (χ0n) is 17.6. The van der Waals surface area contributed by atoms with Gasteiger partial charge in [0.15, 0.2) is 0 Å². The van der Waals surface area contributed by atoms with Gasteiger partial charge in [0.05, 0.1) is 0 Å². The molecule has 1 heterocycles. The molecule has 0 bridgehead atoms. The molecule has 2 atom stereocenters. The summed E-state index contributed by atoms with van der Waals surface area (Å²) < 4.78 is 0. The molecule has 2 fully saturated rings. The Kier molecular flexibility index (Phi) is 8.11. The monoisotopic (exact) mass is 383 g/mol. The van der Waals surface area contributed by atoms with Gasteiger partial charge in [0.1, 0.15) is 0 Å². The average molecular weight is 384 g/mol. The number of hydrogen-bond acceptors (Lipinski definition) is 3. The Morgan fingerprint density at radius 3 is 2.57 bits per heavy atom. The lowest BCUT2D eigenvalue weighted by molar-refractivity contribution is -0.116. The van der Waals surface area contributed by atoms with Crippen LogP contribution in [0.15, 0.2) is 36.4 Å². The van der Waals surface area contributed by atoms with E-state index in [2.05, 4.69) is 29.1 Å². The van der Waals surface area contributed by atoms with E-state index in [1.165, 1.54) is 38.5 Å². The zero-order valence-corrected chi connectivity index (χ0v) is 17.6. The SMILES string of the molecule is C[C@@H]1CCCC[C@@H]1N(C)C1CCN(CCNC(=O)/C=C/c2ccccc2)CC1. The first-order chi connectivity index (χ1) is 13.6. The highest BCUT2D eigenvalue weighted by atomic mass is 16.1. The Bertz CT molecular complexity index is 622. The van der Waals surface area contributed by atoms with E-state index in [0.29, 0.717) is 0 Å². The van der Waals surface area contributed by atoms with Gasteiger partial charge in [-0.25, -0.2) is 0 Å². The first-order valence-electron chi connectivity index (χ1n) is 11.1. The van der Waals surface area contributed by atoms with Crippen LogP contribution in [0, 0.1) is 5.92 Å². The van der Waals surface area contributed by atoms with E-state index >= 15 is 0 Å². The van der Waals surface area contributed by atoms with Gasteiger partial charge in [-0.05, 0) is 63.4 Å². The van der Waals surface area contributed by atoms with Crippen molar-refractivity contribution < 1.29 is 4.79 Å². The summed E-state index contributed by atoms with van der Waals surface area (Å²) in [4.78, 5) is 17.2. The van der Waals surface area contributed by atoms with Crippen molar-refractivity contribution in [3.63, 3.8) is 0 Å². The summed E-state index contributed by atoms with van der Waals surface area (Å²) in [6.07, 6.45) is 11.6. The summed E-state index contributed by atoms with van der Waals surface area (Å²) in [5.41, 5.74) is 1.05. The van der Waals surface area contributed by atoms with Crippen LogP contribution < -0.4 is 5.32 Å². The normalized spacial score (nSPS) is 24.7. The number of nitrogens with one attached hydrogen (secondary N) is 1. The molecule has 154 valence electrons. The van der Waals surface area contributed by atoms with E-state index in [0.717, 1.165) is 49.7 Å². The number of carbonyl (C=O) groups excluding carboxylic acids is 1. The van der Waals surface area contributed by atoms with Crippen LogP contribution in [-0.2, 0) is 4.79 Å². The standard InChI is InChI=1S/C24H37N3O/c1-20-8-6-7-11-23(20)26(2)22-14-17-27(18-15-22)19-16-25-24(28)13-12-21-9-4-3-5-10-21/h3-5,9-10,12-13,20,22-23H,6-8,11,14-19H2,1-2H3,(H,25,28)/b13-12+/t20-,23+/m1/s1. The minimum atomic E-state index is -0.00948. The van der Waals surface area contributed by atoms with Gasteiger partial charge in [0, 0.05) is 31.2 Å². The van der Waals surface area contributed by atoms with Crippen LogP contribution in [0.1, 0.15) is 51.0 Å². The summed E-state index contributed by atoms with van der Waals surface area (Å²) in [5.74, 6) is 0.834. The van der Waals surface area contributed by atoms with Gasteiger partial charge in [0.25, 0.3) is 0 Å². The van der Waals surface area contributed by atoms with E-state index in [1.807, 2.05) is 36.4 Å². The van der Waals surface area contributed by atoms with Gasteiger partial charge in [-0.3, -0.25) is 4.79 Å². The highest BCUT2D eigenvalue weighted by molar-refractivity contribution is 5.91. The minimum absolute atomic E-state index is 0.00948. The van der Waals surface area contributed by atoms with Crippen molar-refractivity contribution in [1.29, 1.82) is 0 Å². The van der Waals surface area contributed by atoms with Crippen LogP contribution in [0.4, 0.5) is 0 Å². The van der Waals surface area contributed by atoms with E-state index in [1.54, 1.807) is 6.08 Å². The molecule has 4 nitrogen and oxygen atoms in total. The number of hydrogen-bond donors (Lipinski definition) is 1. The smallest absolute Gasteiger partial charge is 0.244 e. The molecule has 0 spiro atoms. The molecular weight excluding hydrogens is 346 g/mol. The van der Waals surface area contributed by atoms with Crippen LogP contribution in [0.25, 0.3) is 6.08 Å². The highest BCUT2D eigenvalue weighted by Gasteiger charge is 2.31. The Hall–Kier alpha value is -1.65. The molecule has 0 radical (unpaired) electrons. The van der Waals surface area contributed by atoms with Crippen molar-refractivity contribution in [3.8, 4) is 0 Å². The molecule has 1 saturated heterocycles. The van der Waals surface area contributed by atoms with E-state index in [4.69, 9.17) is 0 Å². The second kappa shape index (κ2) is 10.8. The fourth-order valence-corrected chi connectivity index (χ4v) is 4.85. The fourth-order valence-electron chi connectivity index (χ4n) is 4.85. The largest absolute Gasteiger partial charge is 0.351 e. The summed E-state index contributed by atoms with van der Waals surface area (Å²) in [6.45, 7) is 6.39. The van der Waals surface area contributed by atoms with Crippen LogP contribution in [0.5, 0.6) is 0 Å². The minimum Gasteiger partial charge on any atom is -0.351 e. The number of carbonyl (C=O) groups is 1. The number of amides is 1. The van der Waals surface area contributed by atoms with Gasteiger partial charge >= 0.3 is 0 Å². The number of benzene rings is 1. The number of rotatable bonds is 7. The molecule has 2 aliphatic rings. The topological polar surface area (TPSA) is 35.6 Å². The molecule has 1 aliphatic carbocycles. The number of piperidine rings is 1. The molecule has 1 amide bonds. The number of nitrogens with zero attached hydrogens (tertiary/aromatic N) is 2. The number of likely N-dealkylation sites (tertiary alicyclic amines) is 1. The second-order valence-corrected chi connectivity index (χ2v) is 8.60. The van der Waals surface area contributed by atoms with Crippen molar-refractivity contribution in [2.45, 2.75) is 57.5 Å². The van der Waals surface area contributed by atoms with Crippen LogP contribution in [0.2, 0.25) is 0 Å². The Balaban J connectivity index is 1.33. The molecule has 1 aromatic carbocycles. The third-order valence-corrected chi connectivity index (χ3v) is 6.68. The molecule has 28 heavy (non-hydrogen) atoms. The van der Waals surface area contributed by atoms with Gasteiger partial charge in [-0.1, -0.05) is 50.1 Å². The molecule has 1 saturated carbocycles. The summed E-state index contributed by atoms with van der Waals surface area (Å²) >= 11 is 0. The quantitative estimate of drug-likeness (QED) is 0.728. The first kappa shape index (κ1) is 21.1. The molecule has 0 unspecified atom stereocenters. The maximum atomic E-state index is 12.0. The third-order valence-electron chi connectivity index (χ3n) is 6.68. The Labute approximate surface area is 171 Å². The first-order valence-corrected chi connectivity index (χ1v) is 11.1. The van der Waals surface area contributed by atoms with Crippen molar-refractivity contribution in [2.24, 2.45) is 5.92 Å². The molecule has 1 aliphatic heterocycles. The Morgan fingerprint density at radius 2 is 1.86 bits per heavy atom. The predicted octanol–water partition coefficient (Wildman–Crippen LogP) is 3.79. The summed E-state index contributed by atoms with van der Waals surface area (Å²) in [7, 11) is 2.35. The van der Waals surface area contributed by atoms with Crippen LogP contribution in [0.3, 0.4) is 0 Å². The van der Waals surface area contributed by atoms with E-state index in [-0.39, 0.29) is 5.91 Å². The lowest BCUT2D eigenvalue weighted by atomic mass is 9.84. The van der Waals surface area contributed by atoms with Gasteiger partial charge < -0.3 is 15.1 Å². The maximum absolute atomic E-state index is 12.0. The van der Waals surface area contributed by atoms with Crippen LogP contribution in [-0.4, -0.2) is 61.0 Å². The Morgan fingerprint density at radius 1 is 1.14 bits per heavy atom. The molecule has 4 heteroatoms. The average Bonchev–Trinajstić information content (AvgIpc) is 2.73. The molecule has 1 N–H and O–H groups in total. The van der Waals surface area contributed by atoms with Gasteiger partial charge in [0.2, 0.25) is 5.91 Å². The predicted molar refractivity (Wildman–Crippen MR) is 117 cm³/mol. The lowest BCUT2D eigenvalue weighted by Crippen LogP contribution is -2.50. The maximum Gasteiger partial charge on any atom is 0.244 e. The summed E-state index contributed by atoms with van der Waals surface area (Å²) in [6, 6.07) is 11.4. The highest BCUT2D eigenvalue weighted by Crippen LogP contribution is 2.30. The molecule has 1 aromatic rings. The van der Waals surface area contributed by atoms with Gasteiger partial charge in [-0.15, -0.1) is 0 Å². The van der Waals surface area contributed by atoms with E-state index < -0.39 is 0 Å². The van der Waals surface area contributed by atoms with Crippen molar-refractivity contribution in [2.75, 3.05) is 33.2 Å². The molecular formula is C24H37N3O. The molecule has 0 aromatic heterocycles. The fraction of sp³-hybridized carbons (Fsp3) is 0.625. The van der Waals surface area contributed by atoms with Gasteiger partial charge in [-0.2, -0.15) is 0 Å². The van der Waals surface area contributed by atoms with Crippen LogP contribution >= 0.6 is 0 Å².